The van der Waals surface area contributed by atoms with Crippen molar-refractivity contribution in [2.45, 2.75) is 46.5 Å². The molecule has 6 heteroatoms. The molecule has 0 aliphatic rings. The maximum atomic E-state index is 11.7. The fraction of sp³-hybridized carbons (Fsp3) is 0.438. The summed E-state index contributed by atoms with van der Waals surface area (Å²) in [6.07, 6.45) is 1.03. The van der Waals surface area contributed by atoms with E-state index in [9.17, 15) is 14.4 Å². The zero-order valence-corrected chi connectivity index (χ0v) is 13.3. The van der Waals surface area contributed by atoms with E-state index < -0.39 is 24.4 Å². The number of carbonyl (C=O) groups excluding carboxylic acids is 3. The summed E-state index contributed by atoms with van der Waals surface area (Å²) in [4.78, 5) is 35.0. The molecule has 0 saturated heterocycles. The highest BCUT2D eigenvalue weighted by Gasteiger charge is 2.25. The number of hydrogen-bond donors (Lipinski definition) is 0. The van der Waals surface area contributed by atoms with Crippen LogP contribution in [0.25, 0.3) is 0 Å². The normalized spacial score (nSPS) is 9.82. The van der Waals surface area contributed by atoms with Crippen molar-refractivity contribution < 1.29 is 28.6 Å². The largest absolute Gasteiger partial charge is 0.413 e. The number of carbonyl (C=O) groups is 3. The van der Waals surface area contributed by atoms with Gasteiger partial charge in [-0.25, -0.2) is 14.4 Å². The van der Waals surface area contributed by atoms with Crippen molar-refractivity contribution >= 4 is 17.9 Å². The van der Waals surface area contributed by atoms with Crippen LogP contribution in [0.15, 0.2) is 36.5 Å². The van der Waals surface area contributed by atoms with Gasteiger partial charge in [-0.2, -0.15) is 0 Å². The molecular formula is C16H22O6. The number of ether oxygens (including phenoxy) is 3. The van der Waals surface area contributed by atoms with Gasteiger partial charge in [-0.1, -0.05) is 40.5 Å². The van der Waals surface area contributed by atoms with Crippen LogP contribution < -0.4 is 0 Å². The predicted octanol–water partition coefficient (Wildman–Crippen LogP) is 2.80. The third-order valence-electron chi connectivity index (χ3n) is 2.76. The molecule has 0 bridgehead atoms. The quantitative estimate of drug-likeness (QED) is 0.370. The molecule has 0 unspecified atom stereocenters. The first-order chi connectivity index (χ1) is 10.3. The van der Waals surface area contributed by atoms with Gasteiger partial charge in [0.05, 0.1) is 0 Å². The van der Waals surface area contributed by atoms with E-state index in [0.29, 0.717) is 19.3 Å². The fourth-order valence-corrected chi connectivity index (χ4v) is 1.02. The van der Waals surface area contributed by atoms with E-state index in [1.165, 1.54) is 0 Å². The molecule has 0 fully saturated rings. The Kier molecular flexibility index (Phi) is 8.52. The van der Waals surface area contributed by atoms with Gasteiger partial charge in [0.15, 0.2) is 0 Å². The zero-order chi connectivity index (χ0) is 17.3. The van der Waals surface area contributed by atoms with E-state index in [-0.39, 0.29) is 16.7 Å². The highest BCUT2D eigenvalue weighted by molar-refractivity contribution is 5.90. The molecule has 0 amide bonds. The summed E-state index contributed by atoms with van der Waals surface area (Å²) >= 11 is 0. The topological polar surface area (TPSA) is 78.9 Å². The molecule has 0 saturated carbocycles. The molecule has 22 heavy (non-hydrogen) atoms. The van der Waals surface area contributed by atoms with Crippen LogP contribution >= 0.6 is 0 Å². The standard InChI is InChI=1S/C16H22O6/c1-7-10(4)13(17)20-16(21-14(18)11(5)8-2)22-15(19)12(6)9-3/h16H,4-9H2,1-3H3. The molecule has 0 heterocycles. The lowest BCUT2D eigenvalue weighted by atomic mass is 10.2. The van der Waals surface area contributed by atoms with Gasteiger partial charge in [0, 0.05) is 16.7 Å². The molecule has 0 rings (SSSR count). The summed E-state index contributed by atoms with van der Waals surface area (Å²) in [5.41, 5.74) is 0.460. The van der Waals surface area contributed by atoms with Crippen molar-refractivity contribution in [2.24, 2.45) is 0 Å². The van der Waals surface area contributed by atoms with Crippen LogP contribution in [0.2, 0.25) is 0 Å². The predicted molar refractivity (Wildman–Crippen MR) is 80.4 cm³/mol. The average molecular weight is 310 g/mol. The first-order valence-corrected chi connectivity index (χ1v) is 6.92. The summed E-state index contributed by atoms with van der Waals surface area (Å²) in [5, 5.41) is 0. The van der Waals surface area contributed by atoms with Crippen molar-refractivity contribution in [3.05, 3.63) is 36.5 Å². The molecule has 0 N–H and O–H groups in total. The van der Waals surface area contributed by atoms with E-state index in [1.54, 1.807) is 20.8 Å². The molecule has 0 radical (unpaired) electrons. The van der Waals surface area contributed by atoms with E-state index in [2.05, 4.69) is 19.7 Å². The van der Waals surface area contributed by atoms with E-state index in [1.807, 2.05) is 0 Å². The van der Waals surface area contributed by atoms with Gasteiger partial charge < -0.3 is 14.2 Å². The average Bonchev–Trinajstić information content (AvgIpc) is 2.51. The Morgan fingerprint density at radius 1 is 0.682 bits per heavy atom. The first kappa shape index (κ1) is 19.6. The molecule has 0 aromatic rings. The summed E-state index contributed by atoms with van der Waals surface area (Å²) in [5.74, 6) is -2.47. The molecule has 0 atom stereocenters. The third kappa shape index (κ3) is 6.39. The maximum absolute atomic E-state index is 11.7. The van der Waals surface area contributed by atoms with Crippen molar-refractivity contribution in [3.63, 3.8) is 0 Å². The van der Waals surface area contributed by atoms with Crippen LogP contribution in [0.5, 0.6) is 0 Å². The molecule has 6 nitrogen and oxygen atoms in total. The Morgan fingerprint density at radius 2 is 0.909 bits per heavy atom. The summed E-state index contributed by atoms with van der Waals surface area (Å²) in [6, 6.07) is 0. The monoisotopic (exact) mass is 310 g/mol. The van der Waals surface area contributed by atoms with Crippen LogP contribution in [-0.4, -0.2) is 24.4 Å². The minimum atomic E-state index is -1.80. The highest BCUT2D eigenvalue weighted by Crippen LogP contribution is 2.11. The van der Waals surface area contributed by atoms with Crippen molar-refractivity contribution in [1.82, 2.24) is 0 Å². The summed E-state index contributed by atoms with van der Waals surface area (Å²) < 4.78 is 14.5. The van der Waals surface area contributed by atoms with Crippen LogP contribution in [0.3, 0.4) is 0 Å². The van der Waals surface area contributed by atoms with Gasteiger partial charge in [-0.05, 0) is 19.3 Å². The Labute approximate surface area is 130 Å². The van der Waals surface area contributed by atoms with E-state index in [4.69, 9.17) is 14.2 Å². The van der Waals surface area contributed by atoms with Crippen molar-refractivity contribution in [2.75, 3.05) is 0 Å². The van der Waals surface area contributed by atoms with E-state index in [0.717, 1.165) is 0 Å². The summed E-state index contributed by atoms with van der Waals surface area (Å²) in [7, 11) is 0. The summed E-state index contributed by atoms with van der Waals surface area (Å²) in [6.45, 7) is 13.8. The second-order valence-electron chi connectivity index (χ2n) is 4.38. The molecule has 0 aromatic heterocycles. The lowest BCUT2D eigenvalue weighted by Gasteiger charge is -2.19. The first-order valence-electron chi connectivity index (χ1n) is 6.92. The second kappa shape index (κ2) is 9.55. The van der Waals surface area contributed by atoms with Gasteiger partial charge in [0.25, 0.3) is 0 Å². The Hall–Kier alpha value is -2.37. The SMILES string of the molecule is C=C(CC)C(=O)OC(OC(=O)C(=C)CC)OC(=O)C(=C)CC. The molecule has 0 aliphatic heterocycles. The number of esters is 3. The second-order valence-corrected chi connectivity index (χ2v) is 4.38. The lowest BCUT2D eigenvalue weighted by Crippen LogP contribution is -2.31. The lowest BCUT2D eigenvalue weighted by molar-refractivity contribution is -0.252. The third-order valence-corrected chi connectivity index (χ3v) is 2.76. The molecule has 0 aliphatic carbocycles. The smallest absolute Gasteiger partial charge is 0.387 e. The van der Waals surface area contributed by atoms with Crippen LogP contribution in [0, 0.1) is 0 Å². The van der Waals surface area contributed by atoms with Crippen LogP contribution in [0.4, 0.5) is 0 Å². The van der Waals surface area contributed by atoms with Gasteiger partial charge in [-0.15, -0.1) is 0 Å². The maximum Gasteiger partial charge on any atom is 0.413 e. The minimum absolute atomic E-state index is 0.153. The van der Waals surface area contributed by atoms with Crippen molar-refractivity contribution in [1.29, 1.82) is 0 Å². The number of hydrogen-bond acceptors (Lipinski definition) is 6. The van der Waals surface area contributed by atoms with E-state index >= 15 is 0 Å². The number of rotatable bonds is 9. The highest BCUT2D eigenvalue weighted by atomic mass is 16.9. The molecule has 122 valence electrons. The van der Waals surface area contributed by atoms with Crippen LogP contribution in [-0.2, 0) is 28.6 Å². The molecular weight excluding hydrogens is 288 g/mol. The molecule has 0 aromatic carbocycles. The Morgan fingerprint density at radius 3 is 1.09 bits per heavy atom. The molecule has 0 spiro atoms. The van der Waals surface area contributed by atoms with Gasteiger partial charge >= 0.3 is 24.4 Å². The Balaban J connectivity index is 4.98. The van der Waals surface area contributed by atoms with Gasteiger partial charge in [0.1, 0.15) is 0 Å². The minimum Gasteiger partial charge on any atom is -0.387 e. The van der Waals surface area contributed by atoms with Gasteiger partial charge in [-0.3, -0.25) is 0 Å². The van der Waals surface area contributed by atoms with Gasteiger partial charge in [0.2, 0.25) is 0 Å². The van der Waals surface area contributed by atoms with Crippen molar-refractivity contribution in [3.8, 4) is 0 Å². The zero-order valence-electron chi connectivity index (χ0n) is 13.3. The van der Waals surface area contributed by atoms with Crippen LogP contribution in [0.1, 0.15) is 40.0 Å². The Bertz CT molecular complexity index is 418. The fourth-order valence-electron chi connectivity index (χ4n) is 1.02.